The quantitative estimate of drug-likeness (QED) is 0.502. The highest BCUT2D eigenvalue weighted by atomic mass is 16.6. The van der Waals surface area contributed by atoms with E-state index in [0.717, 1.165) is 0 Å². The Morgan fingerprint density at radius 3 is 2.52 bits per heavy atom. The Bertz CT molecular complexity index is 741. The summed E-state index contributed by atoms with van der Waals surface area (Å²) in [6.45, 7) is 2.20. The Kier molecular flexibility index (Phi) is 5.03. The first kappa shape index (κ1) is 16.2. The van der Waals surface area contributed by atoms with Crippen molar-refractivity contribution in [2.75, 3.05) is 11.9 Å². The molecule has 118 valence electrons. The van der Waals surface area contributed by atoms with Gasteiger partial charge in [0.2, 0.25) is 0 Å². The molecule has 0 aromatic heterocycles. The van der Waals surface area contributed by atoms with Crippen LogP contribution >= 0.6 is 0 Å². The van der Waals surface area contributed by atoms with E-state index >= 15 is 0 Å². The van der Waals surface area contributed by atoms with Crippen molar-refractivity contribution < 1.29 is 19.2 Å². The molecule has 1 N–H and O–H groups in total. The van der Waals surface area contributed by atoms with Crippen LogP contribution in [0.5, 0.6) is 5.75 Å². The summed E-state index contributed by atoms with van der Waals surface area (Å²) in [5.74, 6) is -0.0164. The number of carbonyl (C=O) groups excluding carboxylic acids is 2. The lowest BCUT2D eigenvalue weighted by molar-refractivity contribution is -0.384. The number of ether oxygens (including phenoxy) is 1. The predicted molar refractivity (Wildman–Crippen MR) is 84.0 cm³/mol. The Labute approximate surface area is 132 Å². The third-order valence-electron chi connectivity index (χ3n) is 3.03. The molecule has 0 spiro atoms. The molecule has 2 rings (SSSR count). The fourth-order valence-electron chi connectivity index (χ4n) is 1.93. The topological polar surface area (TPSA) is 98.5 Å². The minimum absolute atomic E-state index is 0.0977. The minimum Gasteiger partial charge on any atom is -0.492 e. The fourth-order valence-corrected chi connectivity index (χ4v) is 1.93. The van der Waals surface area contributed by atoms with Crippen molar-refractivity contribution in [1.82, 2.24) is 0 Å². The molecule has 0 saturated heterocycles. The van der Waals surface area contributed by atoms with E-state index in [9.17, 15) is 19.7 Å². The monoisotopic (exact) mass is 314 g/mol. The molecular formula is C16H14N2O5. The number of nitrogens with zero attached hydrogens (tertiary/aromatic N) is 1. The van der Waals surface area contributed by atoms with Crippen LogP contribution in [0.4, 0.5) is 11.4 Å². The minimum atomic E-state index is -0.539. The summed E-state index contributed by atoms with van der Waals surface area (Å²) < 4.78 is 5.40. The van der Waals surface area contributed by atoms with Gasteiger partial charge in [0.25, 0.3) is 11.6 Å². The summed E-state index contributed by atoms with van der Waals surface area (Å²) in [7, 11) is 0. The molecule has 23 heavy (non-hydrogen) atoms. The molecule has 1 amide bonds. The summed E-state index contributed by atoms with van der Waals surface area (Å²) in [5, 5.41) is 13.3. The Hall–Kier alpha value is -3.22. The summed E-state index contributed by atoms with van der Waals surface area (Å²) >= 11 is 0. The third kappa shape index (κ3) is 3.91. The number of non-ortho nitro benzene ring substituents is 1. The summed E-state index contributed by atoms with van der Waals surface area (Å²) in [6.07, 6.45) is 0.664. The van der Waals surface area contributed by atoms with E-state index in [-0.39, 0.29) is 11.3 Å². The van der Waals surface area contributed by atoms with Gasteiger partial charge in [-0.15, -0.1) is 0 Å². The van der Waals surface area contributed by atoms with Gasteiger partial charge in [0.15, 0.2) is 0 Å². The number of nitrogens with one attached hydrogen (secondary N) is 1. The van der Waals surface area contributed by atoms with Crippen LogP contribution in [0.2, 0.25) is 0 Å². The van der Waals surface area contributed by atoms with Gasteiger partial charge in [-0.25, -0.2) is 0 Å². The molecule has 2 aromatic carbocycles. The number of nitro groups is 1. The third-order valence-corrected chi connectivity index (χ3v) is 3.03. The van der Waals surface area contributed by atoms with Gasteiger partial charge < -0.3 is 10.1 Å². The normalized spacial score (nSPS) is 9.96. The molecule has 0 saturated carbocycles. The molecule has 0 unspecified atom stereocenters. The molecule has 2 aromatic rings. The lowest BCUT2D eigenvalue weighted by Crippen LogP contribution is -2.13. The number of rotatable bonds is 6. The van der Waals surface area contributed by atoms with Crippen molar-refractivity contribution in [2.45, 2.75) is 6.92 Å². The van der Waals surface area contributed by atoms with Crippen molar-refractivity contribution in [3.05, 3.63) is 63.7 Å². The first-order chi connectivity index (χ1) is 11.0. The number of benzene rings is 2. The van der Waals surface area contributed by atoms with Crippen LogP contribution in [0.15, 0.2) is 42.5 Å². The molecular weight excluding hydrogens is 300 g/mol. The largest absolute Gasteiger partial charge is 0.492 e. The van der Waals surface area contributed by atoms with E-state index < -0.39 is 10.8 Å². The van der Waals surface area contributed by atoms with Gasteiger partial charge in [-0.2, -0.15) is 0 Å². The van der Waals surface area contributed by atoms with Crippen molar-refractivity contribution in [1.29, 1.82) is 0 Å². The molecule has 0 radical (unpaired) electrons. The maximum atomic E-state index is 12.2. The van der Waals surface area contributed by atoms with Crippen LogP contribution < -0.4 is 10.1 Å². The Morgan fingerprint density at radius 1 is 1.26 bits per heavy atom. The fraction of sp³-hybridized carbons (Fsp3) is 0.125. The average molecular weight is 314 g/mol. The lowest BCUT2D eigenvalue weighted by atomic mass is 10.1. The van der Waals surface area contributed by atoms with Gasteiger partial charge in [-0.1, -0.05) is 0 Å². The van der Waals surface area contributed by atoms with E-state index in [4.69, 9.17) is 4.74 Å². The highest BCUT2D eigenvalue weighted by molar-refractivity contribution is 6.05. The first-order valence-corrected chi connectivity index (χ1v) is 6.83. The smallest absolute Gasteiger partial charge is 0.269 e. The zero-order valence-corrected chi connectivity index (χ0v) is 12.3. The number of amides is 1. The molecule has 0 heterocycles. The number of hydrogen-bond donors (Lipinski definition) is 1. The van der Waals surface area contributed by atoms with Gasteiger partial charge in [0.05, 0.1) is 17.2 Å². The molecule has 7 nitrogen and oxygen atoms in total. The summed E-state index contributed by atoms with van der Waals surface area (Å²) in [4.78, 5) is 33.2. The zero-order valence-electron chi connectivity index (χ0n) is 12.3. The molecule has 0 bridgehead atoms. The molecule has 0 aliphatic rings. The van der Waals surface area contributed by atoms with Gasteiger partial charge in [0, 0.05) is 23.3 Å². The van der Waals surface area contributed by atoms with Crippen LogP contribution in [0, 0.1) is 10.1 Å². The van der Waals surface area contributed by atoms with E-state index in [1.807, 2.05) is 0 Å². The molecule has 0 aliphatic carbocycles. The van der Waals surface area contributed by atoms with Gasteiger partial charge >= 0.3 is 0 Å². The van der Waals surface area contributed by atoms with Gasteiger partial charge in [-0.3, -0.25) is 19.7 Å². The highest BCUT2D eigenvalue weighted by Crippen LogP contribution is 2.26. The summed E-state index contributed by atoms with van der Waals surface area (Å²) in [5.41, 5.74) is 0.918. The van der Waals surface area contributed by atoms with E-state index in [2.05, 4.69) is 5.32 Å². The predicted octanol–water partition coefficient (Wildman–Crippen LogP) is 3.06. The van der Waals surface area contributed by atoms with Gasteiger partial charge in [0.1, 0.15) is 12.0 Å². The number of carbonyl (C=O) groups is 2. The van der Waals surface area contributed by atoms with E-state index in [1.165, 1.54) is 30.3 Å². The number of nitro benzene ring substituents is 1. The molecule has 0 aliphatic heterocycles. The first-order valence-electron chi connectivity index (χ1n) is 6.83. The molecule has 7 heteroatoms. The van der Waals surface area contributed by atoms with Crippen LogP contribution in [0.25, 0.3) is 0 Å². The highest BCUT2D eigenvalue weighted by Gasteiger charge is 2.12. The summed E-state index contributed by atoms with van der Waals surface area (Å²) in [6, 6.07) is 9.90. The van der Waals surface area contributed by atoms with Gasteiger partial charge in [-0.05, 0) is 37.3 Å². The standard InChI is InChI=1S/C16H14N2O5/c1-2-23-15-8-3-11(10-19)9-14(15)17-16(20)12-4-6-13(7-5-12)18(21)22/h3-10H,2H2,1H3,(H,17,20). The number of hydrogen-bond acceptors (Lipinski definition) is 5. The van der Waals surface area contributed by atoms with Crippen molar-refractivity contribution in [2.24, 2.45) is 0 Å². The zero-order chi connectivity index (χ0) is 16.8. The van der Waals surface area contributed by atoms with E-state index in [0.29, 0.717) is 29.9 Å². The second kappa shape index (κ2) is 7.17. The van der Waals surface area contributed by atoms with Crippen LogP contribution in [0.1, 0.15) is 27.6 Å². The van der Waals surface area contributed by atoms with Crippen molar-refractivity contribution >= 4 is 23.6 Å². The Morgan fingerprint density at radius 2 is 1.96 bits per heavy atom. The number of aldehydes is 1. The second-order valence-electron chi connectivity index (χ2n) is 4.56. The second-order valence-corrected chi connectivity index (χ2v) is 4.56. The SMILES string of the molecule is CCOc1ccc(C=O)cc1NC(=O)c1ccc([N+](=O)[O-])cc1. The van der Waals surface area contributed by atoms with Crippen LogP contribution in [-0.2, 0) is 0 Å². The lowest BCUT2D eigenvalue weighted by Gasteiger charge is -2.12. The van der Waals surface area contributed by atoms with Crippen molar-refractivity contribution in [3.63, 3.8) is 0 Å². The van der Waals surface area contributed by atoms with Crippen molar-refractivity contribution in [3.8, 4) is 5.75 Å². The maximum Gasteiger partial charge on any atom is 0.269 e. The molecule has 0 atom stereocenters. The number of anilines is 1. The van der Waals surface area contributed by atoms with Crippen LogP contribution in [0.3, 0.4) is 0 Å². The maximum absolute atomic E-state index is 12.2. The Balaban J connectivity index is 2.24. The average Bonchev–Trinajstić information content (AvgIpc) is 2.56. The van der Waals surface area contributed by atoms with Crippen LogP contribution in [-0.4, -0.2) is 23.7 Å². The molecule has 0 fully saturated rings. The van der Waals surface area contributed by atoms with E-state index in [1.54, 1.807) is 19.1 Å².